The third-order valence-corrected chi connectivity index (χ3v) is 9.16. The molecule has 12 nitrogen and oxygen atoms in total. The van der Waals surface area contributed by atoms with E-state index in [1.807, 2.05) is 17.9 Å². The van der Waals surface area contributed by atoms with Crippen molar-refractivity contribution in [2.45, 2.75) is 78.4 Å². The summed E-state index contributed by atoms with van der Waals surface area (Å²) in [5, 5.41) is 13.3. The SMILES string of the molecule is Cc1ccc(NC(=O)c2cc(C(F)(F)F)ccn2)cc1-c1cc(OCC[C@@H](O)COP(=O)(OC(C)(C)C)OC(C)(C)C)nc(N2CCOCC2)c1. The van der Waals surface area contributed by atoms with Crippen LogP contribution in [0.5, 0.6) is 5.88 Å². The first-order chi connectivity index (χ1) is 23.7. The number of benzene rings is 1. The molecule has 0 spiro atoms. The van der Waals surface area contributed by atoms with Crippen LogP contribution in [0.4, 0.5) is 24.7 Å². The van der Waals surface area contributed by atoms with Crippen LogP contribution in [0.3, 0.4) is 0 Å². The molecule has 0 unspecified atom stereocenters. The predicted octanol–water partition coefficient (Wildman–Crippen LogP) is 7.44. The van der Waals surface area contributed by atoms with Gasteiger partial charge in [-0.25, -0.2) is 4.57 Å². The van der Waals surface area contributed by atoms with Gasteiger partial charge in [0.2, 0.25) is 5.88 Å². The number of nitrogens with one attached hydrogen (secondary N) is 1. The van der Waals surface area contributed by atoms with E-state index in [1.165, 1.54) is 0 Å². The number of aliphatic hydroxyl groups is 1. The van der Waals surface area contributed by atoms with Crippen molar-refractivity contribution in [1.29, 1.82) is 0 Å². The molecule has 0 bridgehead atoms. The minimum absolute atomic E-state index is 0.0349. The summed E-state index contributed by atoms with van der Waals surface area (Å²) in [6.45, 7) is 14.1. The van der Waals surface area contributed by atoms with Crippen LogP contribution in [0, 0.1) is 6.92 Å². The quantitative estimate of drug-likeness (QED) is 0.169. The first kappa shape index (κ1) is 40.2. The lowest BCUT2D eigenvalue weighted by Crippen LogP contribution is -2.36. The van der Waals surface area contributed by atoms with Gasteiger partial charge in [-0.1, -0.05) is 6.07 Å². The monoisotopic (exact) mass is 738 g/mol. The third-order valence-electron chi connectivity index (χ3n) is 7.15. The third kappa shape index (κ3) is 12.5. The number of alkyl halides is 3. The van der Waals surface area contributed by atoms with Gasteiger partial charge in [-0.3, -0.25) is 23.3 Å². The van der Waals surface area contributed by atoms with Gasteiger partial charge < -0.3 is 24.8 Å². The van der Waals surface area contributed by atoms with Crippen molar-refractivity contribution in [3.05, 3.63) is 65.5 Å². The van der Waals surface area contributed by atoms with E-state index in [2.05, 4.69) is 10.3 Å². The van der Waals surface area contributed by atoms with E-state index in [-0.39, 0.29) is 31.2 Å². The summed E-state index contributed by atoms with van der Waals surface area (Å²) in [6.07, 6.45) is -4.64. The normalized spacial score (nSPS) is 15.1. The van der Waals surface area contributed by atoms with Gasteiger partial charge >= 0.3 is 14.0 Å². The Morgan fingerprint density at radius 3 is 2.31 bits per heavy atom. The Kier molecular flexibility index (Phi) is 12.9. The Morgan fingerprint density at radius 2 is 1.69 bits per heavy atom. The number of anilines is 2. The highest BCUT2D eigenvalue weighted by atomic mass is 31.2. The number of phosphoric acid groups is 1. The number of halogens is 3. The standard InChI is InChI=1S/C35H46F3N4O8P/c1-23-8-9-26(40-32(44)29-20-25(10-12-39-29)35(36,37)38)21-28(23)24-18-30(42-13-16-46-17-14-42)41-31(19-24)47-15-11-27(43)22-48-51(45,49-33(2,3)4)50-34(5,6)7/h8-10,12,18-21,27,43H,11,13-17,22H2,1-7H3,(H,40,44)/t27-/m1/s1. The highest BCUT2D eigenvalue weighted by molar-refractivity contribution is 7.48. The van der Waals surface area contributed by atoms with Gasteiger partial charge in [0.1, 0.15) is 11.5 Å². The molecule has 4 rings (SSSR count). The Bertz CT molecular complexity index is 1690. The number of aryl methyl sites for hydroxylation is 1. The fraction of sp³-hybridized carbons (Fsp3) is 0.514. The Hall–Kier alpha value is -3.59. The molecule has 1 fully saturated rings. The van der Waals surface area contributed by atoms with Crippen LogP contribution in [0.2, 0.25) is 0 Å². The van der Waals surface area contributed by atoms with Gasteiger partial charge in [-0.15, -0.1) is 0 Å². The second kappa shape index (κ2) is 16.4. The molecule has 1 atom stereocenters. The van der Waals surface area contributed by atoms with Crippen LogP contribution < -0.4 is 15.0 Å². The van der Waals surface area contributed by atoms with E-state index in [0.29, 0.717) is 55.0 Å². The number of hydrogen-bond donors (Lipinski definition) is 2. The number of rotatable bonds is 13. The number of aliphatic hydroxyl groups excluding tert-OH is 1. The van der Waals surface area contributed by atoms with E-state index >= 15 is 0 Å². The zero-order chi connectivity index (χ0) is 37.6. The lowest BCUT2D eigenvalue weighted by Gasteiger charge is -2.31. The minimum Gasteiger partial charge on any atom is -0.477 e. The fourth-order valence-corrected chi connectivity index (χ4v) is 6.75. The molecule has 2 aromatic heterocycles. The Morgan fingerprint density at radius 1 is 1.02 bits per heavy atom. The lowest BCUT2D eigenvalue weighted by atomic mass is 10.00. The number of aromatic nitrogens is 2. The summed E-state index contributed by atoms with van der Waals surface area (Å²) in [6, 6.07) is 10.2. The Labute approximate surface area is 296 Å². The van der Waals surface area contributed by atoms with Crippen LogP contribution in [-0.4, -0.2) is 77.8 Å². The first-order valence-electron chi connectivity index (χ1n) is 16.5. The molecule has 1 aliphatic heterocycles. The number of phosphoric ester groups is 1. The summed E-state index contributed by atoms with van der Waals surface area (Å²) in [5.74, 6) is 0.0932. The molecule has 1 saturated heterocycles. The summed E-state index contributed by atoms with van der Waals surface area (Å²) >= 11 is 0. The smallest absolute Gasteiger partial charge is 0.475 e. The summed E-state index contributed by atoms with van der Waals surface area (Å²) in [5.41, 5.74) is -0.388. The van der Waals surface area contributed by atoms with Gasteiger partial charge in [0.25, 0.3) is 5.91 Å². The van der Waals surface area contributed by atoms with E-state index < -0.39 is 42.8 Å². The van der Waals surface area contributed by atoms with Crippen LogP contribution in [0.25, 0.3) is 11.1 Å². The molecule has 1 aromatic carbocycles. The lowest BCUT2D eigenvalue weighted by molar-refractivity contribution is -0.137. The van der Waals surface area contributed by atoms with Gasteiger partial charge in [0.15, 0.2) is 0 Å². The minimum atomic E-state index is -4.62. The van der Waals surface area contributed by atoms with Crippen molar-refractivity contribution < 1.29 is 50.7 Å². The zero-order valence-electron chi connectivity index (χ0n) is 29.9. The van der Waals surface area contributed by atoms with E-state index in [9.17, 15) is 27.6 Å². The van der Waals surface area contributed by atoms with Crippen LogP contribution in [-0.2, 0) is 29.0 Å². The topological polar surface area (TPSA) is 142 Å². The van der Waals surface area contributed by atoms with Crippen molar-refractivity contribution >= 4 is 25.2 Å². The number of pyridine rings is 2. The molecule has 2 N–H and O–H groups in total. The van der Waals surface area contributed by atoms with E-state index in [4.69, 9.17) is 28.0 Å². The molecule has 3 heterocycles. The van der Waals surface area contributed by atoms with Gasteiger partial charge in [-0.2, -0.15) is 18.2 Å². The van der Waals surface area contributed by atoms with Gasteiger partial charge in [0, 0.05) is 37.5 Å². The van der Waals surface area contributed by atoms with E-state index in [1.54, 1.807) is 65.8 Å². The summed E-state index contributed by atoms with van der Waals surface area (Å²) < 4.78 is 81.2. The molecule has 0 saturated carbocycles. The largest absolute Gasteiger partial charge is 0.477 e. The number of carbonyl (C=O) groups excluding carboxylic acids is 1. The highest BCUT2D eigenvalue weighted by Crippen LogP contribution is 2.55. The molecule has 1 amide bonds. The number of hydrogen-bond acceptors (Lipinski definition) is 11. The van der Waals surface area contributed by atoms with Crippen molar-refractivity contribution in [3.63, 3.8) is 0 Å². The Balaban J connectivity index is 1.51. The summed E-state index contributed by atoms with van der Waals surface area (Å²) in [7, 11) is -4.02. The maximum absolute atomic E-state index is 13.3. The predicted molar refractivity (Wildman–Crippen MR) is 186 cm³/mol. The zero-order valence-corrected chi connectivity index (χ0v) is 30.8. The average Bonchev–Trinajstić information content (AvgIpc) is 3.03. The van der Waals surface area contributed by atoms with Crippen LogP contribution in [0.15, 0.2) is 48.7 Å². The fourth-order valence-electron chi connectivity index (χ4n) is 4.91. The molecule has 1 aliphatic rings. The second-order valence-corrected chi connectivity index (χ2v) is 15.5. The maximum Gasteiger partial charge on any atom is 0.475 e. The van der Waals surface area contributed by atoms with Crippen molar-refractivity contribution in [1.82, 2.24) is 9.97 Å². The molecule has 51 heavy (non-hydrogen) atoms. The average molecular weight is 739 g/mol. The van der Waals surface area contributed by atoms with E-state index in [0.717, 1.165) is 17.8 Å². The highest BCUT2D eigenvalue weighted by Gasteiger charge is 2.37. The number of ether oxygens (including phenoxy) is 2. The molecule has 0 radical (unpaired) electrons. The van der Waals surface area contributed by atoms with Gasteiger partial charge in [-0.05, 0) is 95.5 Å². The first-order valence-corrected chi connectivity index (χ1v) is 17.9. The number of nitrogens with zero attached hydrogens (tertiary/aromatic N) is 3. The molecular formula is C35H46F3N4O8P. The molecule has 16 heteroatoms. The molecular weight excluding hydrogens is 692 g/mol. The van der Waals surface area contributed by atoms with Crippen LogP contribution in [0.1, 0.15) is 69.6 Å². The van der Waals surface area contributed by atoms with Gasteiger partial charge in [0.05, 0.1) is 49.3 Å². The van der Waals surface area contributed by atoms with Crippen LogP contribution >= 0.6 is 7.82 Å². The van der Waals surface area contributed by atoms with Crippen molar-refractivity contribution in [2.75, 3.05) is 49.7 Å². The molecule has 280 valence electrons. The maximum atomic E-state index is 13.3. The number of carbonyl (C=O) groups is 1. The second-order valence-electron chi connectivity index (χ2n) is 14.0. The molecule has 0 aliphatic carbocycles. The summed E-state index contributed by atoms with van der Waals surface area (Å²) in [4.78, 5) is 23.4. The van der Waals surface area contributed by atoms with Crippen molar-refractivity contribution in [2.24, 2.45) is 0 Å². The number of amides is 1. The number of morpholine rings is 1. The van der Waals surface area contributed by atoms with Crippen molar-refractivity contribution in [3.8, 4) is 17.0 Å². The molecule has 3 aromatic rings.